The zero-order valence-electron chi connectivity index (χ0n) is 16.5. The molecule has 28 heavy (non-hydrogen) atoms. The van der Waals surface area contributed by atoms with Crippen molar-refractivity contribution in [3.8, 4) is 17.6 Å². The van der Waals surface area contributed by atoms with Crippen molar-refractivity contribution in [1.29, 1.82) is 0 Å². The van der Waals surface area contributed by atoms with E-state index < -0.39 is 0 Å². The van der Waals surface area contributed by atoms with Crippen LogP contribution in [0, 0.1) is 11.8 Å². The molecular weight excluding hydrogens is 356 g/mol. The fourth-order valence-corrected chi connectivity index (χ4v) is 2.67. The second kappa shape index (κ2) is 9.40. The Morgan fingerprint density at radius 2 is 2.21 bits per heavy atom. The number of anilines is 1. The van der Waals surface area contributed by atoms with E-state index in [9.17, 15) is 4.79 Å². The molecule has 0 radical (unpaired) electrons. The molecule has 0 bridgehead atoms. The van der Waals surface area contributed by atoms with Crippen molar-refractivity contribution >= 4 is 11.7 Å². The molecule has 2 aromatic rings. The fraction of sp³-hybridized carbons (Fsp3) is 0.429. The van der Waals surface area contributed by atoms with Crippen LogP contribution in [0.5, 0.6) is 5.75 Å². The van der Waals surface area contributed by atoms with Crippen LogP contribution in [-0.4, -0.2) is 48.1 Å². The van der Waals surface area contributed by atoms with Gasteiger partial charge in [-0.2, -0.15) is 5.10 Å². The predicted octanol–water partition coefficient (Wildman–Crippen LogP) is 2.19. The van der Waals surface area contributed by atoms with Crippen molar-refractivity contribution in [2.45, 2.75) is 31.9 Å². The molecule has 1 amide bonds. The van der Waals surface area contributed by atoms with Crippen LogP contribution >= 0.6 is 0 Å². The Morgan fingerprint density at radius 1 is 1.39 bits per heavy atom. The second-order valence-electron chi connectivity index (χ2n) is 6.92. The van der Waals surface area contributed by atoms with E-state index in [4.69, 9.17) is 9.47 Å². The van der Waals surface area contributed by atoms with Crippen LogP contribution in [0.15, 0.2) is 30.5 Å². The van der Waals surface area contributed by atoms with Gasteiger partial charge in [0.05, 0.1) is 13.2 Å². The highest BCUT2D eigenvalue weighted by Crippen LogP contribution is 2.20. The van der Waals surface area contributed by atoms with Gasteiger partial charge in [-0.1, -0.05) is 11.8 Å². The molecule has 0 saturated heterocycles. The molecule has 1 aromatic carbocycles. The maximum atomic E-state index is 12.7. The Morgan fingerprint density at radius 3 is 2.89 bits per heavy atom. The smallest absolute Gasteiger partial charge is 0.257 e. The summed E-state index contributed by atoms with van der Waals surface area (Å²) in [4.78, 5) is 12.7. The van der Waals surface area contributed by atoms with Gasteiger partial charge in [-0.05, 0) is 38.0 Å². The van der Waals surface area contributed by atoms with E-state index in [0.29, 0.717) is 36.3 Å². The first-order chi connectivity index (χ1) is 13.5. The molecular formula is C21H26N4O3. The van der Waals surface area contributed by atoms with Gasteiger partial charge in [-0.15, -0.1) is 0 Å². The van der Waals surface area contributed by atoms with E-state index in [2.05, 4.69) is 27.6 Å². The number of rotatable bonds is 8. The number of ether oxygens (including phenoxy) is 2. The quantitative estimate of drug-likeness (QED) is 0.685. The number of aromatic nitrogens is 2. The van der Waals surface area contributed by atoms with Gasteiger partial charge in [0.15, 0.2) is 5.82 Å². The minimum absolute atomic E-state index is 0.142. The van der Waals surface area contributed by atoms with Gasteiger partial charge in [0.25, 0.3) is 5.91 Å². The number of nitrogens with one attached hydrogen (secondary N) is 2. The molecule has 1 heterocycles. The van der Waals surface area contributed by atoms with Crippen LogP contribution in [0.1, 0.15) is 35.7 Å². The Balaban J connectivity index is 1.77. The zero-order valence-corrected chi connectivity index (χ0v) is 16.5. The van der Waals surface area contributed by atoms with Crippen molar-refractivity contribution in [1.82, 2.24) is 15.1 Å². The molecule has 1 aromatic heterocycles. The molecule has 1 atom stereocenters. The number of carbonyl (C=O) groups is 1. The highest BCUT2D eigenvalue weighted by Gasteiger charge is 2.19. The van der Waals surface area contributed by atoms with Crippen LogP contribution < -0.4 is 15.4 Å². The van der Waals surface area contributed by atoms with Gasteiger partial charge in [-0.3, -0.25) is 9.48 Å². The van der Waals surface area contributed by atoms with Crippen LogP contribution in [0.25, 0.3) is 0 Å². The third-order valence-electron chi connectivity index (χ3n) is 4.15. The number of benzene rings is 1. The average Bonchev–Trinajstić information content (AvgIpc) is 3.39. The third-order valence-corrected chi connectivity index (χ3v) is 4.15. The highest BCUT2D eigenvalue weighted by atomic mass is 16.5. The van der Waals surface area contributed by atoms with E-state index in [-0.39, 0.29) is 12.0 Å². The zero-order chi connectivity index (χ0) is 19.9. The average molecular weight is 382 g/mol. The monoisotopic (exact) mass is 382 g/mol. The summed E-state index contributed by atoms with van der Waals surface area (Å²) in [7, 11) is 3.42. The number of aryl methyl sites for hydroxylation is 1. The topological polar surface area (TPSA) is 77.4 Å². The van der Waals surface area contributed by atoms with Crippen molar-refractivity contribution in [3.05, 3.63) is 41.6 Å². The summed E-state index contributed by atoms with van der Waals surface area (Å²) in [5, 5.41) is 10.3. The lowest BCUT2D eigenvalue weighted by Crippen LogP contribution is -2.19. The molecule has 3 rings (SSSR count). The number of carbonyl (C=O) groups excluding carboxylic acids is 1. The number of hydrogen-bond donors (Lipinski definition) is 2. The molecule has 1 fully saturated rings. The normalized spacial score (nSPS) is 14.1. The predicted molar refractivity (Wildman–Crippen MR) is 107 cm³/mol. The fourth-order valence-electron chi connectivity index (χ4n) is 2.67. The van der Waals surface area contributed by atoms with Gasteiger partial charge >= 0.3 is 0 Å². The number of hydrogen-bond acceptors (Lipinski definition) is 5. The lowest BCUT2D eigenvalue weighted by molar-refractivity contribution is 0.0917. The summed E-state index contributed by atoms with van der Waals surface area (Å²) in [6.07, 6.45) is 4.07. The summed E-state index contributed by atoms with van der Waals surface area (Å²) in [5.41, 5.74) is 1.19. The minimum Gasteiger partial charge on any atom is -0.488 e. The molecule has 2 N–H and O–H groups in total. The van der Waals surface area contributed by atoms with E-state index in [1.165, 1.54) is 12.8 Å². The largest absolute Gasteiger partial charge is 0.488 e. The number of amides is 1. The molecule has 0 unspecified atom stereocenters. The van der Waals surface area contributed by atoms with Gasteiger partial charge < -0.3 is 20.1 Å². The van der Waals surface area contributed by atoms with Crippen LogP contribution in [0.2, 0.25) is 0 Å². The van der Waals surface area contributed by atoms with Gasteiger partial charge in [0, 0.05) is 43.6 Å². The molecule has 148 valence electrons. The first-order valence-corrected chi connectivity index (χ1v) is 9.37. The lowest BCUT2D eigenvalue weighted by Gasteiger charge is -2.15. The van der Waals surface area contributed by atoms with E-state index in [1.807, 2.05) is 13.0 Å². The second-order valence-corrected chi connectivity index (χ2v) is 6.92. The van der Waals surface area contributed by atoms with Crippen molar-refractivity contribution < 1.29 is 14.3 Å². The molecule has 0 aliphatic heterocycles. The standard InChI is InChI=1S/C21H26N4O3/c1-15(14-27-3)28-19-12-16(5-4-9-22-18-6-7-18)11-17(13-19)21(26)23-20-8-10-25(2)24-20/h8,10-13,15,18,22H,6-7,9,14H2,1-3H3,(H,23,24,26)/t15-/m0/s1. The van der Waals surface area contributed by atoms with E-state index >= 15 is 0 Å². The lowest BCUT2D eigenvalue weighted by atomic mass is 10.1. The summed E-state index contributed by atoms with van der Waals surface area (Å²) >= 11 is 0. The van der Waals surface area contributed by atoms with Crippen molar-refractivity contribution in [2.24, 2.45) is 7.05 Å². The molecule has 1 aliphatic rings. The summed E-state index contributed by atoms with van der Waals surface area (Å²) in [6, 6.07) is 7.66. The van der Waals surface area contributed by atoms with Crippen molar-refractivity contribution in [2.75, 3.05) is 25.6 Å². The Labute approximate surface area is 165 Å². The molecule has 0 spiro atoms. The maximum Gasteiger partial charge on any atom is 0.257 e. The third kappa shape index (κ3) is 6.12. The minimum atomic E-state index is -0.261. The Hall–Kier alpha value is -2.82. The van der Waals surface area contributed by atoms with E-state index in [1.54, 1.807) is 43.2 Å². The molecule has 7 heteroatoms. The Bertz CT molecular complexity index is 877. The summed E-state index contributed by atoms with van der Waals surface area (Å²) in [5.74, 6) is 7.04. The number of methoxy groups -OCH3 is 1. The van der Waals surface area contributed by atoms with Crippen LogP contribution in [0.3, 0.4) is 0 Å². The highest BCUT2D eigenvalue weighted by molar-refractivity contribution is 6.04. The number of nitrogens with zero attached hydrogens (tertiary/aromatic N) is 2. The first kappa shape index (κ1) is 19.9. The van der Waals surface area contributed by atoms with Gasteiger partial charge in [0.1, 0.15) is 11.9 Å². The SMILES string of the molecule is COC[C@H](C)Oc1cc(C#CCNC2CC2)cc(C(=O)Nc2ccn(C)n2)c1. The van der Waals surface area contributed by atoms with Gasteiger partial charge in [-0.25, -0.2) is 0 Å². The molecule has 1 saturated carbocycles. The molecule has 7 nitrogen and oxygen atoms in total. The maximum absolute atomic E-state index is 12.7. The molecule has 1 aliphatic carbocycles. The first-order valence-electron chi connectivity index (χ1n) is 9.37. The van der Waals surface area contributed by atoms with Crippen LogP contribution in [-0.2, 0) is 11.8 Å². The van der Waals surface area contributed by atoms with Crippen molar-refractivity contribution in [3.63, 3.8) is 0 Å². The van der Waals surface area contributed by atoms with E-state index in [0.717, 1.165) is 5.56 Å². The summed E-state index contributed by atoms with van der Waals surface area (Å²) < 4.78 is 12.6. The van der Waals surface area contributed by atoms with Crippen LogP contribution in [0.4, 0.5) is 5.82 Å². The summed E-state index contributed by atoms with van der Waals surface area (Å²) in [6.45, 7) is 3.00. The van der Waals surface area contributed by atoms with Gasteiger partial charge in [0.2, 0.25) is 0 Å². The Kier molecular flexibility index (Phi) is 6.69.